The van der Waals surface area contributed by atoms with Gasteiger partial charge in [0.1, 0.15) is 6.54 Å². The number of carbonyl (C=O) groups is 1. The molecule has 0 atom stereocenters. The van der Waals surface area contributed by atoms with Crippen LogP contribution in [0.5, 0.6) is 0 Å². The summed E-state index contributed by atoms with van der Waals surface area (Å²) in [5.41, 5.74) is 1.89. The zero-order valence-electron chi connectivity index (χ0n) is 10.9. The van der Waals surface area contributed by atoms with Crippen molar-refractivity contribution >= 4 is 16.8 Å². The number of hydrogen-bond donors (Lipinski definition) is 1. The van der Waals surface area contributed by atoms with Crippen molar-refractivity contribution in [1.82, 2.24) is 9.47 Å². The van der Waals surface area contributed by atoms with Crippen molar-refractivity contribution in [3.8, 4) is 0 Å². The van der Waals surface area contributed by atoms with E-state index in [0.29, 0.717) is 6.54 Å². The van der Waals surface area contributed by atoms with Crippen molar-refractivity contribution in [2.24, 2.45) is 0 Å². The third-order valence-corrected chi connectivity index (χ3v) is 3.79. The van der Waals surface area contributed by atoms with Crippen LogP contribution in [0.1, 0.15) is 18.4 Å². The lowest BCUT2D eigenvalue weighted by atomic mass is 10.2. The molecule has 0 unspecified atom stereocenters. The minimum Gasteiger partial charge on any atom is -0.392 e. The molecular weight excluding hydrogens is 240 g/mol. The molecule has 1 aromatic carbocycles. The van der Waals surface area contributed by atoms with E-state index in [1.807, 2.05) is 39.9 Å². The van der Waals surface area contributed by atoms with Crippen LogP contribution in [0.15, 0.2) is 30.5 Å². The molecule has 100 valence electrons. The Balaban J connectivity index is 1.85. The summed E-state index contributed by atoms with van der Waals surface area (Å²) in [6, 6.07) is 7.85. The van der Waals surface area contributed by atoms with E-state index in [0.717, 1.165) is 42.4 Å². The van der Waals surface area contributed by atoms with Gasteiger partial charge in [0.2, 0.25) is 5.91 Å². The highest BCUT2D eigenvalue weighted by molar-refractivity contribution is 5.84. The van der Waals surface area contributed by atoms with Crippen LogP contribution < -0.4 is 0 Å². The smallest absolute Gasteiger partial charge is 0.242 e. The minimum absolute atomic E-state index is 0.0290. The summed E-state index contributed by atoms with van der Waals surface area (Å²) in [7, 11) is 0. The van der Waals surface area contributed by atoms with Crippen molar-refractivity contribution in [2.45, 2.75) is 26.0 Å². The van der Waals surface area contributed by atoms with Crippen LogP contribution in [0.3, 0.4) is 0 Å². The van der Waals surface area contributed by atoms with Gasteiger partial charge in [-0.25, -0.2) is 0 Å². The number of aromatic nitrogens is 1. The fraction of sp³-hybridized carbons (Fsp3) is 0.400. The highest BCUT2D eigenvalue weighted by Gasteiger charge is 2.18. The molecule has 19 heavy (non-hydrogen) atoms. The summed E-state index contributed by atoms with van der Waals surface area (Å²) in [6.45, 7) is 2.19. The molecular formula is C15H18N2O2. The molecule has 0 saturated carbocycles. The summed E-state index contributed by atoms with van der Waals surface area (Å²) in [6.07, 6.45) is 4.18. The molecule has 4 nitrogen and oxygen atoms in total. The Bertz CT molecular complexity index is 597. The van der Waals surface area contributed by atoms with Crippen molar-refractivity contribution in [3.05, 3.63) is 36.0 Å². The van der Waals surface area contributed by atoms with Gasteiger partial charge in [0.25, 0.3) is 0 Å². The molecule has 3 rings (SSSR count). The summed E-state index contributed by atoms with van der Waals surface area (Å²) in [4.78, 5) is 14.1. The van der Waals surface area contributed by atoms with Crippen LogP contribution in [-0.4, -0.2) is 33.6 Å². The van der Waals surface area contributed by atoms with Gasteiger partial charge in [-0.05, 0) is 35.9 Å². The number of amides is 1. The SMILES string of the molecule is O=C(Cn1ccc2ccc(CO)cc21)N1CCCC1. The number of carbonyl (C=O) groups excluding carboxylic acids is 1. The monoisotopic (exact) mass is 258 g/mol. The second kappa shape index (κ2) is 5.05. The Morgan fingerprint density at radius 2 is 2.00 bits per heavy atom. The standard InChI is InChI=1S/C15H18N2O2/c18-11-12-3-4-13-5-8-17(14(13)9-12)10-15(19)16-6-1-2-7-16/h3-5,8-9,18H,1-2,6-7,10-11H2. The number of hydrogen-bond acceptors (Lipinski definition) is 2. The lowest BCUT2D eigenvalue weighted by molar-refractivity contribution is -0.130. The Hall–Kier alpha value is -1.81. The quantitative estimate of drug-likeness (QED) is 0.911. The predicted octanol–water partition coefficient (Wildman–Crippen LogP) is 1.76. The zero-order chi connectivity index (χ0) is 13.2. The van der Waals surface area contributed by atoms with Crippen LogP contribution in [0.4, 0.5) is 0 Å². The van der Waals surface area contributed by atoms with Crippen LogP contribution in [-0.2, 0) is 17.9 Å². The van der Waals surface area contributed by atoms with E-state index in [1.165, 1.54) is 0 Å². The third-order valence-electron chi connectivity index (χ3n) is 3.79. The molecule has 2 aromatic rings. The lowest BCUT2D eigenvalue weighted by Crippen LogP contribution is -2.30. The van der Waals surface area contributed by atoms with Crippen molar-refractivity contribution in [3.63, 3.8) is 0 Å². The van der Waals surface area contributed by atoms with Gasteiger partial charge in [-0.3, -0.25) is 4.79 Å². The minimum atomic E-state index is 0.0290. The number of fused-ring (bicyclic) bond motifs is 1. The molecule has 1 aliphatic rings. The van der Waals surface area contributed by atoms with E-state index in [2.05, 4.69) is 0 Å². The van der Waals surface area contributed by atoms with E-state index in [4.69, 9.17) is 0 Å². The second-order valence-electron chi connectivity index (χ2n) is 5.08. The zero-order valence-corrected chi connectivity index (χ0v) is 10.9. The van der Waals surface area contributed by atoms with Gasteiger partial charge in [0.05, 0.1) is 6.61 Å². The van der Waals surface area contributed by atoms with E-state index in [-0.39, 0.29) is 12.5 Å². The average molecular weight is 258 g/mol. The predicted molar refractivity (Wildman–Crippen MR) is 73.7 cm³/mol. The highest BCUT2D eigenvalue weighted by atomic mass is 16.3. The molecule has 1 aromatic heterocycles. The van der Waals surface area contributed by atoms with Crippen LogP contribution in [0, 0.1) is 0 Å². The topological polar surface area (TPSA) is 45.5 Å². The van der Waals surface area contributed by atoms with Gasteiger partial charge in [-0.1, -0.05) is 12.1 Å². The molecule has 0 aliphatic carbocycles. The van der Waals surface area contributed by atoms with E-state index in [1.54, 1.807) is 0 Å². The molecule has 1 aliphatic heterocycles. The molecule has 0 spiro atoms. The normalized spacial score (nSPS) is 15.3. The molecule has 1 amide bonds. The summed E-state index contributed by atoms with van der Waals surface area (Å²) < 4.78 is 1.97. The maximum absolute atomic E-state index is 12.2. The number of likely N-dealkylation sites (tertiary alicyclic amines) is 1. The molecule has 1 N–H and O–H groups in total. The summed E-state index contributed by atoms with van der Waals surface area (Å²) in [5.74, 6) is 0.185. The second-order valence-corrected chi connectivity index (χ2v) is 5.08. The highest BCUT2D eigenvalue weighted by Crippen LogP contribution is 2.18. The Labute approximate surface area is 112 Å². The van der Waals surface area contributed by atoms with Gasteiger partial charge in [-0.15, -0.1) is 0 Å². The Morgan fingerprint density at radius 3 is 2.74 bits per heavy atom. The third kappa shape index (κ3) is 2.36. The van der Waals surface area contributed by atoms with Gasteiger partial charge < -0.3 is 14.6 Å². The van der Waals surface area contributed by atoms with Gasteiger partial charge >= 0.3 is 0 Å². The number of benzene rings is 1. The van der Waals surface area contributed by atoms with Crippen molar-refractivity contribution < 1.29 is 9.90 Å². The molecule has 2 heterocycles. The van der Waals surface area contributed by atoms with Crippen molar-refractivity contribution in [1.29, 1.82) is 0 Å². The van der Waals surface area contributed by atoms with E-state index >= 15 is 0 Å². The van der Waals surface area contributed by atoms with Gasteiger partial charge in [-0.2, -0.15) is 0 Å². The molecule has 0 bridgehead atoms. The summed E-state index contributed by atoms with van der Waals surface area (Å²) >= 11 is 0. The van der Waals surface area contributed by atoms with Crippen molar-refractivity contribution in [2.75, 3.05) is 13.1 Å². The van der Waals surface area contributed by atoms with Gasteiger partial charge in [0.15, 0.2) is 0 Å². The van der Waals surface area contributed by atoms with E-state index < -0.39 is 0 Å². The lowest BCUT2D eigenvalue weighted by Gasteiger charge is -2.16. The first-order valence-corrected chi connectivity index (χ1v) is 6.74. The maximum Gasteiger partial charge on any atom is 0.242 e. The number of rotatable bonds is 3. The molecule has 4 heteroatoms. The number of aliphatic hydroxyl groups excluding tert-OH is 1. The molecule has 0 radical (unpaired) electrons. The Kier molecular flexibility index (Phi) is 3.25. The van der Waals surface area contributed by atoms with Gasteiger partial charge in [0, 0.05) is 24.8 Å². The number of nitrogens with zero attached hydrogens (tertiary/aromatic N) is 2. The molecule has 1 saturated heterocycles. The fourth-order valence-corrected chi connectivity index (χ4v) is 2.68. The first kappa shape index (κ1) is 12.2. The summed E-state index contributed by atoms with van der Waals surface area (Å²) in [5, 5.41) is 10.3. The first-order chi connectivity index (χ1) is 9.28. The van der Waals surface area contributed by atoms with E-state index in [9.17, 15) is 9.90 Å². The Morgan fingerprint density at radius 1 is 1.21 bits per heavy atom. The van der Waals surface area contributed by atoms with Crippen LogP contribution in [0.25, 0.3) is 10.9 Å². The van der Waals surface area contributed by atoms with Crippen LogP contribution in [0.2, 0.25) is 0 Å². The average Bonchev–Trinajstić information content (AvgIpc) is 3.08. The number of aliphatic hydroxyl groups is 1. The first-order valence-electron chi connectivity index (χ1n) is 6.74. The molecule has 1 fully saturated rings. The van der Waals surface area contributed by atoms with Crippen LogP contribution >= 0.6 is 0 Å². The fourth-order valence-electron chi connectivity index (χ4n) is 2.68. The maximum atomic E-state index is 12.2. The largest absolute Gasteiger partial charge is 0.392 e.